The lowest BCUT2D eigenvalue weighted by atomic mass is 10.2. The molecule has 0 spiro atoms. The van der Waals surface area contributed by atoms with Crippen LogP contribution in [0.4, 0.5) is 16.2 Å². The van der Waals surface area contributed by atoms with Crippen LogP contribution in [0.5, 0.6) is 11.8 Å². The van der Waals surface area contributed by atoms with Crippen LogP contribution < -0.4 is 20.7 Å². The number of aromatic nitrogens is 2. The molecule has 0 aliphatic carbocycles. The van der Waals surface area contributed by atoms with E-state index in [1.54, 1.807) is 36.4 Å². The minimum absolute atomic E-state index is 0.145. The lowest BCUT2D eigenvalue weighted by molar-refractivity contribution is 0.0949. The third-order valence-electron chi connectivity index (χ3n) is 4.85. The van der Waals surface area contributed by atoms with Gasteiger partial charge in [0.25, 0.3) is 5.91 Å². The van der Waals surface area contributed by atoms with Gasteiger partial charge < -0.3 is 25.6 Å². The number of likely N-dealkylation sites (N-methyl/N-ethyl adjacent to an activating group) is 1. The highest BCUT2D eigenvalue weighted by molar-refractivity contribution is 6.00. The summed E-state index contributed by atoms with van der Waals surface area (Å²) in [6.07, 6.45) is 2.91. The summed E-state index contributed by atoms with van der Waals surface area (Å²) in [7, 11) is 0. The van der Waals surface area contributed by atoms with Gasteiger partial charge in [-0.3, -0.25) is 4.79 Å². The number of hydrogen-bond acceptors (Lipinski definition) is 6. The Balaban J connectivity index is 1.46. The Morgan fingerprint density at radius 3 is 2.15 bits per heavy atom. The van der Waals surface area contributed by atoms with Crippen LogP contribution in [0.25, 0.3) is 0 Å². The number of urea groups is 1. The molecule has 9 heteroatoms. The minimum Gasteiger partial charge on any atom is -0.424 e. The summed E-state index contributed by atoms with van der Waals surface area (Å²) in [6, 6.07) is 15.6. The SMILES string of the molecule is CCN(CC)CCNC(=O)c1ccc(NC(=O)Nc2cnc(Oc3ccccc3)nc2)cc1. The van der Waals surface area contributed by atoms with Crippen LogP contribution in [0, 0.1) is 0 Å². The maximum atomic E-state index is 12.3. The Morgan fingerprint density at radius 1 is 0.879 bits per heavy atom. The molecule has 0 atom stereocenters. The molecule has 9 nitrogen and oxygen atoms in total. The summed E-state index contributed by atoms with van der Waals surface area (Å²) in [5, 5.41) is 8.27. The number of amides is 3. The maximum absolute atomic E-state index is 12.3. The number of para-hydroxylation sites is 1. The number of hydrogen-bond donors (Lipinski definition) is 3. The van der Waals surface area contributed by atoms with E-state index < -0.39 is 6.03 Å². The first-order chi connectivity index (χ1) is 16.1. The topological polar surface area (TPSA) is 108 Å². The largest absolute Gasteiger partial charge is 0.424 e. The fourth-order valence-corrected chi connectivity index (χ4v) is 3.00. The number of nitrogens with one attached hydrogen (secondary N) is 3. The zero-order valence-electron chi connectivity index (χ0n) is 18.7. The molecule has 0 saturated carbocycles. The zero-order chi connectivity index (χ0) is 23.5. The molecule has 0 bridgehead atoms. The molecule has 0 aliphatic rings. The molecule has 2 aromatic carbocycles. The van der Waals surface area contributed by atoms with Gasteiger partial charge in [-0.05, 0) is 49.5 Å². The van der Waals surface area contributed by atoms with Gasteiger partial charge >= 0.3 is 12.0 Å². The number of carbonyl (C=O) groups excluding carboxylic acids is 2. The van der Waals surface area contributed by atoms with E-state index in [0.717, 1.165) is 19.6 Å². The van der Waals surface area contributed by atoms with Crippen LogP contribution in [0.3, 0.4) is 0 Å². The van der Waals surface area contributed by atoms with Gasteiger partial charge in [-0.15, -0.1) is 0 Å². The Bertz CT molecular complexity index is 1020. The van der Waals surface area contributed by atoms with Crippen molar-refractivity contribution in [3.8, 4) is 11.8 Å². The van der Waals surface area contributed by atoms with Crippen molar-refractivity contribution in [1.82, 2.24) is 20.2 Å². The van der Waals surface area contributed by atoms with E-state index in [2.05, 4.69) is 44.7 Å². The molecule has 0 fully saturated rings. The van der Waals surface area contributed by atoms with Gasteiger partial charge in [0, 0.05) is 24.3 Å². The Kier molecular flexibility index (Phi) is 8.72. The highest BCUT2D eigenvalue weighted by Crippen LogP contribution is 2.17. The maximum Gasteiger partial charge on any atom is 0.323 e. The average Bonchev–Trinajstić information content (AvgIpc) is 2.84. The molecule has 172 valence electrons. The highest BCUT2D eigenvalue weighted by atomic mass is 16.5. The Morgan fingerprint density at radius 2 is 1.52 bits per heavy atom. The molecular weight excluding hydrogens is 420 g/mol. The summed E-state index contributed by atoms with van der Waals surface area (Å²) in [5.74, 6) is 0.477. The molecule has 3 N–H and O–H groups in total. The summed E-state index contributed by atoms with van der Waals surface area (Å²) in [6.45, 7) is 7.48. The summed E-state index contributed by atoms with van der Waals surface area (Å²) in [4.78, 5) is 34.9. The van der Waals surface area contributed by atoms with E-state index in [9.17, 15) is 9.59 Å². The molecule has 3 amide bonds. The summed E-state index contributed by atoms with van der Waals surface area (Å²) < 4.78 is 5.53. The quantitative estimate of drug-likeness (QED) is 0.433. The predicted octanol–water partition coefficient (Wildman–Crippen LogP) is 3.98. The van der Waals surface area contributed by atoms with E-state index in [1.165, 1.54) is 12.4 Å². The van der Waals surface area contributed by atoms with E-state index in [1.807, 2.05) is 18.2 Å². The lowest BCUT2D eigenvalue weighted by Gasteiger charge is -2.18. The normalized spacial score (nSPS) is 10.5. The number of benzene rings is 2. The minimum atomic E-state index is -0.452. The first-order valence-corrected chi connectivity index (χ1v) is 10.8. The number of ether oxygens (including phenoxy) is 1. The van der Waals surface area contributed by atoms with Crippen molar-refractivity contribution >= 4 is 23.3 Å². The number of nitrogens with zero attached hydrogens (tertiary/aromatic N) is 3. The summed E-state index contributed by atoms with van der Waals surface area (Å²) >= 11 is 0. The second kappa shape index (κ2) is 12.2. The van der Waals surface area contributed by atoms with Crippen molar-refractivity contribution in [1.29, 1.82) is 0 Å². The second-order valence-corrected chi connectivity index (χ2v) is 7.11. The van der Waals surface area contributed by atoms with Crippen molar-refractivity contribution < 1.29 is 14.3 Å². The fourth-order valence-electron chi connectivity index (χ4n) is 3.00. The van der Waals surface area contributed by atoms with Crippen LogP contribution in [-0.2, 0) is 0 Å². The van der Waals surface area contributed by atoms with Crippen molar-refractivity contribution in [3.63, 3.8) is 0 Å². The molecule has 33 heavy (non-hydrogen) atoms. The molecule has 1 aromatic heterocycles. The molecule has 0 unspecified atom stereocenters. The highest BCUT2D eigenvalue weighted by Gasteiger charge is 2.08. The monoisotopic (exact) mass is 448 g/mol. The second-order valence-electron chi connectivity index (χ2n) is 7.11. The van der Waals surface area contributed by atoms with Crippen LogP contribution in [0.15, 0.2) is 67.0 Å². The lowest BCUT2D eigenvalue weighted by Crippen LogP contribution is -2.34. The van der Waals surface area contributed by atoms with Gasteiger partial charge in [0.1, 0.15) is 5.75 Å². The van der Waals surface area contributed by atoms with E-state index >= 15 is 0 Å². The Labute approximate surface area is 193 Å². The number of anilines is 2. The van der Waals surface area contributed by atoms with E-state index in [4.69, 9.17) is 4.74 Å². The van der Waals surface area contributed by atoms with Crippen LogP contribution in [-0.4, -0.2) is 53.0 Å². The van der Waals surface area contributed by atoms with Crippen LogP contribution in [0.1, 0.15) is 24.2 Å². The Hall–Kier alpha value is -3.98. The molecule has 3 rings (SSSR count). The first kappa shape index (κ1) is 23.7. The number of rotatable bonds is 10. The van der Waals surface area contributed by atoms with Gasteiger partial charge in [-0.1, -0.05) is 32.0 Å². The molecule has 3 aromatic rings. The fraction of sp³-hybridized carbons (Fsp3) is 0.250. The molecular formula is C24H28N6O3. The van der Waals surface area contributed by atoms with Gasteiger partial charge in [-0.2, -0.15) is 0 Å². The molecule has 1 heterocycles. The standard InChI is InChI=1S/C24H28N6O3/c1-3-30(4-2)15-14-25-22(31)18-10-12-19(13-11-18)28-23(32)29-20-16-26-24(27-17-20)33-21-8-6-5-7-9-21/h5-13,16-17H,3-4,14-15H2,1-2H3,(H,25,31)(H2,28,29,32). The average molecular weight is 449 g/mol. The van der Waals surface area contributed by atoms with Crippen LogP contribution >= 0.6 is 0 Å². The van der Waals surface area contributed by atoms with E-state index in [0.29, 0.717) is 29.2 Å². The van der Waals surface area contributed by atoms with Gasteiger partial charge in [0.2, 0.25) is 0 Å². The number of carbonyl (C=O) groups is 2. The van der Waals surface area contributed by atoms with Crippen molar-refractivity contribution in [2.24, 2.45) is 0 Å². The molecule has 0 saturated heterocycles. The smallest absolute Gasteiger partial charge is 0.323 e. The van der Waals surface area contributed by atoms with Crippen molar-refractivity contribution in [2.75, 3.05) is 36.8 Å². The predicted molar refractivity (Wildman–Crippen MR) is 128 cm³/mol. The van der Waals surface area contributed by atoms with Crippen LogP contribution in [0.2, 0.25) is 0 Å². The van der Waals surface area contributed by atoms with Crippen molar-refractivity contribution in [2.45, 2.75) is 13.8 Å². The summed E-state index contributed by atoms with van der Waals surface area (Å²) in [5.41, 5.74) is 1.50. The third kappa shape index (κ3) is 7.58. The van der Waals surface area contributed by atoms with Crippen molar-refractivity contribution in [3.05, 3.63) is 72.6 Å². The van der Waals surface area contributed by atoms with Gasteiger partial charge in [0.05, 0.1) is 18.1 Å². The van der Waals surface area contributed by atoms with E-state index in [-0.39, 0.29) is 11.9 Å². The zero-order valence-corrected chi connectivity index (χ0v) is 18.7. The third-order valence-corrected chi connectivity index (χ3v) is 4.85. The molecule has 0 radical (unpaired) electrons. The van der Waals surface area contributed by atoms with Gasteiger partial charge in [0.15, 0.2) is 0 Å². The first-order valence-electron chi connectivity index (χ1n) is 10.8. The molecule has 0 aliphatic heterocycles. The van der Waals surface area contributed by atoms with Gasteiger partial charge in [-0.25, -0.2) is 14.8 Å².